The van der Waals surface area contributed by atoms with E-state index >= 15 is 0 Å². The van der Waals surface area contributed by atoms with Crippen LogP contribution in [-0.2, 0) is 15.5 Å². The fourth-order valence-corrected chi connectivity index (χ4v) is 14.6. The molecule has 0 fully saturated rings. The molecule has 7 heteroatoms. The minimum absolute atomic E-state index is 0.0315. The lowest BCUT2D eigenvalue weighted by Crippen LogP contribution is -2.49. The molecule has 0 heterocycles. The van der Waals surface area contributed by atoms with E-state index in [2.05, 4.69) is 163 Å². The summed E-state index contributed by atoms with van der Waals surface area (Å²) in [6.07, 6.45) is 22.2. The first-order valence-electron chi connectivity index (χ1n) is 26.5. The van der Waals surface area contributed by atoms with Crippen LogP contribution in [0.15, 0.2) is 140 Å². The molecular weight excluding hydrogens is 869 g/mol. The van der Waals surface area contributed by atoms with E-state index in [-0.39, 0.29) is 29.6 Å². The molecule has 0 bridgehead atoms. The van der Waals surface area contributed by atoms with Crippen molar-refractivity contribution in [1.29, 1.82) is 0 Å². The smallest absolute Gasteiger partial charge is 0.240 e. The third-order valence-electron chi connectivity index (χ3n) is 13.4. The van der Waals surface area contributed by atoms with Gasteiger partial charge in [-0.3, -0.25) is 0 Å². The van der Waals surface area contributed by atoms with E-state index in [0.717, 1.165) is 49.2 Å². The van der Waals surface area contributed by atoms with Crippen LogP contribution in [0.25, 0.3) is 0 Å². The summed E-state index contributed by atoms with van der Waals surface area (Å²) >= 11 is 0. The number of benzene rings is 5. The number of ether oxygens (including phenoxy) is 2. The van der Waals surface area contributed by atoms with Crippen LogP contribution in [-0.4, -0.2) is 48.6 Å². The highest BCUT2D eigenvalue weighted by Crippen LogP contribution is 2.30. The summed E-state index contributed by atoms with van der Waals surface area (Å²) in [4.78, 5) is 0. The highest BCUT2D eigenvalue weighted by Gasteiger charge is 2.31. The summed E-state index contributed by atoms with van der Waals surface area (Å²) in [5, 5.41) is 15.4. The molecule has 68 heavy (non-hydrogen) atoms. The molecular formula is C61H88O5Si2. The molecule has 0 aliphatic rings. The quantitative estimate of drug-likeness (QED) is 0.0335. The van der Waals surface area contributed by atoms with Crippen molar-refractivity contribution < 1.29 is 23.4 Å². The molecule has 370 valence electrons. The molecule has 0 aromatic heterocycles. The Balaban J connectivity index is 0.889. The Morgan fingerprint density at radius 3 is 1.06 bits per heavy atom. The zero-order valence-electron chi connectivity index (χ0n) is 43.0. The summed E-state index contributed by atoms with van der Waals surface area (Å²) < 4.78 is 26.5. The van der Waals surface area contributed by atoms with Crippen LogP contribution in [0, 0.1) is 10.8 Å². The molecule has 0 saturated heterocycles. The third kappa shape index (κ3) is 20.2. The van der Waals surface area contributed by atoms with Crippen LogP contribution >= 0.6 is 0 Å². The van der Waals surface area contributed by atoms with Gasteiger partial charge in [-0.1, -0.05) is 253 Å². The highest BCUT2D eigenvalue weighted by atomic mass is 28.3. The molecule has 1 N–H and O–H groups in total. The third-order valence-corrected chi connectivity index (χ3v) is 18.6. The molecule has 5 rings (SSSR count). The number of rotatable bonds is 33. The lowest BCUT2D eigenvalue weighted by molar-refractivity contribution is 0.0788. The minimum atomic E-state index is -1.78. The van der Waals surface area contributed by atoms with Crippen molar-refractivity contribution in [3.63, 3.8) is 0 Å². The van der Waals surface area contributed by atoms with Crippen LogP contribution in [0.1, 0.15) is 163 Å². The second-order valence-electron chi connectivity index (χ2n) is 21.2. The number of hydrogen-bond donors (Lipinski definition) is 1. The minimum Gasteiger partial charge on any atom is -0.493 e. The Hall–Kier alpha value is -3.99. The van der Waals surface area contributed by atoms with Crippen molar-refractivity contribution in [2.45, 2.75) is 176 Å². The van der Waals surface area contributed by atoms with Gasteiger partial charge in [0.25, 0.3) is 0 Å². The van der Waals surface area contributed by atoms with Gasteiger partial charge in [-0.05, 0) is 69.4 Å². The average molecular weight is 958 g/mol. The highest BCUT2D eigenvalue weighted by molar-refractivity contribution is 6.80. The maximum Gasteiger partial charge on any atom is 0.240 e. The molecule has 5 nitrogen and oxygen atoms in total. The maximum atomic E-state index is 9.97. The zero-order chi connectivity index (χ0) is 48.3. The van der Waals surface area contributed by atoms with Crippen molar-refractivity contribution in [2.75, 3.05) is 13.2 Å². The maximum absolute atomic E-state index is 9.97. The summed E-state index contributed by atoms with van der Waals surface area (Å²) in [6, 6.07) is 49.4. The van der Waals surface area contributed by atoms with Gasteiger partial charge in [0.15, 0.2) is 0 Å². The van der Waals surface area contributed by atoms with Crippen LogP contribution in [0.3, 0.4) is 0 Å². The largest absolute Gasteiger partial charge is 0.493 e. The number of hydrogen-bond acceptors (Lipinski definition) is 5. The summed E-state index contributed by atoms with van der Waals surface area (Å²) in [6.45, 7) is 15.3. The van der Waals surface area contributed by atoms with Gasteiger partial charge >= 0.3 is 0 Å². The normalized spacial score (nSPS) is 13.0. The standard InChI is InChI=1S/C61H88O5Si2/c1-60(2,3)58(65-67(53-35-23-19-24-36-53)54-37-25-20-26-38-54)43-31-15-11-7-9-13-17-33-47-63-52-46-45-51(50-62)57(49-52)64-48-34-18-14-10-8-12-16-32-44-59(61(4,5)6)66-68(55-39-27-21-28-40-55)56-41-29-22-30-42-56/h19-30,35-42,45-46,49,58-59,62,67-68H,7-18,31-34,43-44,47-48,50H2,1-6H3. The molecule has 2 atom stereocenters. The first kappa shape index (κ1) is 54.9. The van der Waals surface area contributed by atoms with Crippen molar-refractivity contribution in [3.05, 3.63) is 145 Å². The van der Waals surface area contributed by atoms with Gasteiger partial charge in [-0.25, -0.2) is 0 Å². The summed E-state index contributed by atoms with van der Waals surface area (Å²) in [5.41, 5.74) is 1.01. The number of aliphatic hydroxyl groups excluding tert-OH is 1. The predicted molar refractivity (Wildman–Crippen MR) is 294 cm³/mol. The summed E-state index contributed by atoms with van der Waals surface area (Å²) in [7, 11) is -3.56. The lowest BCUT2D eigenvalue weighted by atomic mass is 9.86. The van der Waals surface area contributed by atoms with E-state index in [9.17, 15) is 5.11 Å². The van der Waals surface area contributed by atoms with Crippen molar-refractivity contribution >= 4 is 38.8 Å². The van der Waals surface area contributed by atoms with Crippen molar-refractivity contribution in [3.8, 4) is 11.5 Å². The second kappa shape index (κ2) is 30.6. The molecule has 0 saturated carbocycles. The monoisotopic (exact) mass is 957 g/mol. The Kier molecular flexibility index (Phi) is 24.7. The zero-order valence-corrected chi connectivity index (χ0v) is 45.3. The van der Waals surface area contributed by atoms with E-state index in [1.165, 1.54) is 104 Å². The van der Waals surface area contributed by atoms with Gasteiger partial charge in [-0.15, -0.1) is 0 Å². The van der Waals surface area contributed by atoms with Gasteiger partial charge in [0.05, 0.1) is 32.0 Å². The Morgan fingerprint density at radius 1 is 0.397 bits per heavy atom. The van der Waals surface area contributed by atoms with Gasteiger partial charge in [-0.2, -0.15) is 0 Å². The van der Waals surface area contributed by atoms with Crippen molar-refractivity contribution in [2.24, 2.45) is 10.8 Å². The van der Waals surface area contributed by atoms with Crippen LogP contribution in [0.2, 0.25) is 0 Å². The SMILES string of the molecule is CC(C)(C)C(CCCCCCCCCCOc1ccc(CO)c(OCCCCCCCCCCC(O[SiH](c2ccccc2)c2ccccc2)C(C)(C)C)c1)O[SiH](c1ccccc1)c1ccccc1. The van der Waals surface area contributed by atoms with E-state index in [0.29, 0.717) is 13.2 Å². The second-order valence-corrected chi connectivity index (χ2v) is 26.0. The average Bonchev–Trinajstić information content (AvgIpc) is 3.34. The van der Waals surface area contributed by atoms with Crippen LogP contribution in [0.4, 0.5) is 0 Å². The topological polar surface area (TPSA) is 57.2 Å². The molecule has 5 aromatic carbocycles. The predicted octanol–water partition coefficient (Wildman–Crippen LogP) is 12.9. The molecule has 0 aliphatic heterocycles. The summed E-state index contributed by atoms with van der Waals surface area (Å²) in [5.74, 6) is 1.57. The lowest BCUT2D eigenvalue weighted by Gasteiger charge is -2.34. The first-order valence-corrected chi connectivity index (χ1v) is 29.8. The van der Waals surface area contributed by atoms with Crippen LogP contribution in [0.5, 0.6) is 11.5 Å². The molecule has 2 unspecified atom stereocenters. The van der Waals surface area contributed by atoms with Gasteiger partial charge in [0.1, 0.15) is 11.5 Å². The van der Waals surface area contributed by atoms with Crippen LogP contribution < -0.4 is 30.2 Å². The van der Waals surface area contributed by atoms with E-state index in [4.69, 9.17) is 18.3 Å². The van der Waals surface area contributed by atoms with E-state index in [1.807, 2.05) is 18.2 Å². The Morgan fingerprint density at radius 2 is 0.721 bits per heavy atom. The molecule has 5 aromatic rings. The number of aliphatic hydroxyl groups is 1. The van der Waals surface area contributed by atoms with Gasteiger partial charge in [0, 0.05) is 11.6 Å². The van der Waals surface area contributed by atoms with Gasteiger partial charge < -0.3 is 23.4 Å². The molecule has 0 radical (unpaired) electrons. The fourth-order valence-electron chi connectivity index (χ4n) is 9.20. The first-order chi connectivity index (χ1) is 33.0. The molecule has 0 amide bonds. The van der Waals surface area contributed by atoms with E-state index < -0.39 is 18.1 Å². The van der Waals surface area contributed by atoms with Gasteiger partial charge in [0.2, 0.25) is 18.1 Å². The Bertz CT molecular complexity index is 1960. The molecule has 0 aliphatic carbocycles. The van der Waals surface area contributed by atoms with E-state index in [1.54, 1.807) is 0 Å². The molecule has 0 spiro atoms. The fraction of sp³-hybridized carbons (Fsp3) is 0.508. The van der Waals surface area contributed by atoms with Crippen molar-refractivity contribution in [1.82, 2.24) is 0 Å². The Labute approximate surface area is 416 Å². The number of unbranched alkanes of at least 4 members (excludes halogenated alkanes) is 14.